The Labute approximate surface area is 125 Å². The highest BCUT2D eigenvalue weighted by atomic mass is 35.5. The molecule has 0 bridgehead atoms. The number of nitrogens with two attached hydrogens (primary N) is 1. The molecule has 0 aliphatic heterocycles. The van der Waals surface area contributed by atoms with Crippen LogP contribution in [-0.2, 0) is 11.4 Å². The normalized spacial score (nSPS) is 12.1. The van der Waals surface area contributed by atoms with Crippen molar-refractivity contribution in [3.05, 3.63) is 35.1 Å². The van der Waals surface area contributed by atoms with Gasteiger partial charge in [0.2, 0.25) is 11.1 Å². The molecular formula is C12H13ClN4O2S. The van der Waals surface area contributed by atoms with E-state index in [0.29, 0.717) is 21.8 Å². The fraction of sp³-hybridized carbons (Fsp3) is 0.250. The zero-order valence-electron chi connectivity index (χ0n) is 10.7. The van der Waals surface area contributed by atoms with E-state index in [1.165, 1.54) is 11.8 Å². The van der Waals surface area contributed by atoms with Crippen LogP contribution in [0.4, 0.5) is 0 Å². The molecule has 0 radical (unpaired) electrons. The lowest BCUT2D eigenvalue weighted by atomic mass is 10.3. The minimum atomic E-state index is -0.404. The van der Waals surface area contributed by atoms with E-state index in [9.17, 15) is 4.79 Å². The van der Waals surface area contributed by atoms with E-state index in [1.807, 2.05) is 0 Å². The number of ether oxygens (including phenoxy) is 1. The summed E-state index contributed by atoms with van der Waals surface area (Å²) in [6.07, 6.45) is 0. The number of aromatic amines is 1. The Balaban J connectivity index is 1.89. The van der Waals surface area contributed by atoms with Crippen LogP contribution in [0.5, 0.6) is 5.75 Å². The van der Waals surface area contributed by atoms with Crippen molar-refractivity contribution in [1.29, 1.82) is 0 Å². The molecule has 0 unspecified atom stereocenters. The number of carbonyl (C=O) groups is 1. The first-order chi connectivity index (χ1) is 9.54. The molecule has 1 aromatic heterocycles. The number of aromatic nitrogens is 3. The third kappa shape index (κ3) is 4.14. The van der Waals surface area contributed by atoms with E-state index in [1.54, 1.807) is 31.2 Å². The number of rotatable bonds is 6. The number of primary amides is 1. The lowest BCUT2D eigenvalue weighted by Crippen LogP contribution is -2.22. The molecule has 1 heterocycles. The summed E-state index contributed by atoms with van der Waals surface area (Å²) >= 11 is 6.98. The van der Waals surface area contributed by atoms with Crippen LogP contribution in [0.2, 0.25) is 5.02 Å². The number of carbonyl (C=O) groups excluding carboxylic acids is 1. The lowest BCUT2D eigenvalue weighted by Gasteiger charge is -2.03. The van der Waals surface area contributed by atoms with Crippen LogP contribution in [-0.4, -0.2) is 26.3 Å². The molecular weight excluding hydrogens is 300 g/mol. The minimum absolute atomic E-state index is 0.250. The first kappa shape index (κ1) is 14.7. The molecule has 106 valence electrons. The molecule has 0 aliphatic carbocycles. The topological polar surface area (TPSA) is 93.9 Å². The monoisotopic (exact) mass is 312 g/mol. The van der Waals surface area contributed by atoms with Crippen molar-refractivity contribution >= 4 is 29.3 Å². The summed E-state index contributed by atoms with van der Waals surface area (Å²) in [6.45, 7) is 1.95. The average molecular weight is 313 g/mol. The quantitative estimate of drug-likeness (QED) is 0.796. The van der Waals surface area contributed by atoms with Gasteiger partial charge in [-0.2, -0.15) is 0 Å². The molecule has 1 atom stereocenters. The summed E-state index contributed by atoms with van der Waals surface area (Å²) in [4.78, 5) is 15.2. The van der Waals surface area contributed by atoms with Crippen LogP contribution in [0.15, 0.2) is 29.4 Å². The Morgan fingerprint density at radius 3 is 2.85 bits per heavy atom. The van der Waals surface area contributed by atoms with E-state index in [4.69, 9.17) is 22.1 Å². The van der Waals surface area contributed by atoms with Gasteiger partial charge in [-0.3, -0.25) is 9.89 Å². The Morgan fingerprint density at radius 2 is 2.20 bits per heavy atom. The number of hydrogen-bond acceptors (Lipinski definition) is 5. The van der Waals surface area contributed by atoms with Crippen LogP contribution >= 0.6 is 23.4 Å². The maximum absolute atomic E-state index is 10.9. The Morgan fingerprint density at radius 1 is 1.50 bits per heavy atom. The molecule has 3 N–H and O–H groups in total. The summed E-state index contributed by atoms with van der Waals surface area (Å²) in [6, 6.07) is 7.02. The summed E-state index contributed by atoms with van der Waals surface area (Å²) < 4.78 is 5.52. The highest BCUT2D eigenvalue weighted by Crippen LogP contribution is 2.19. The number of nitrogens with one attached hydrogen (secondary N) is 1. The van der Waals surface area contributed by atoms with Gasteiger partial charge in [-0.1, -0.05) is 23.4 Å². The Bertz CT molecular complexity index is 587. The summed E-state index contributed by atoms with van der Waals surface area (Å²) in [5, 5.41) is 7.46. The molecule has 2 aromatic rings. The van der Waals surface area contributed by atoms with Gasteiger partial charge in [-0.05, 0) is 31.2 Å². The number of benzene rings is 1. The van der Waals surface area contributed by atoms with Crippen molar-refractivity contribution in [2.45, 2.75) is 23.9 Å². The molecule has 1 aromatic carbocycles. The fourth-order valence-corrected chi connectivity index (χ4v) is 2.11. The lowest BCUT2D eigenvalue weighted by molar-refractivity contribution is -0.117. The van der Waals surface area contributed by atoms with Crippen LogP contribution in [0.3, 0.4) is 0 Å². The molecule has 0 spiro atoms. The third-order valence-electron chi connectivity index (χ3n) is 2.38. The zero-order valence-corrected chi connectivity index (χ0v) is 12.2. The van der Waals surface area contributed by atoms with Crippen molar-refractivity contribution in [3.8, 4) is 5.75 Å². The second-order valence-electron chi connectivity index (χ2n) is 3.97. The van der Waals surface area contributed by atoms with Crippen LogP contribution in [0.1, 0.15) is 12.7 Å². The van der Waals surface area contributed by atoms with E-state index >= 15 is 0 Å². The first-order valence-corrected chi connectivity index (χ1v) is 7.06. The molecule has 20 heavy (non-hydrogen) atoms. The molecule has 0 aliphatic rings. The van der Waals surface area contributed by atoms with Gasteiger partial charge in [0.05, 0.1) is 5.25 Å². The summed E-state index contributed by atoms with van der Waals surface area (Å²) in [5.74, 6) is 0.850. The predicted molar refractivity (Wildman–Crippen MR) is 76.7 cm³/mol. The van der Waals surface area contributed by atoms with Gasteiger partial charge in [-0.15, -0.1) is 5.10 Å². The fourth-order valence-electron chi connectivity index (χ4n) is 1.29. The maximum Gasteiger partial charge on any atom is 0.230 e. The standard InChI is InChI=1S/C12H13ClN4O2S/c1-7(11(14)18)20-12-15-10(16-17-12)6-19-9-4-2-8(13)3-5-9/h2-5,7H,6H2,1H3,(H2,14,18)(H,15,16,17)/t7-/m0/s1. The van der Waals surface area contributed by atoms with E-state index in [0.717, 1.165) is 0 Å². The number of H-pyrrole nitrogens is 1. The summed E-state index contributed by atoms with van der Waals surface area (Å²) in [7, 11) is 0. The minimum Gasteiger partial charge on any atom is -0.486 e. The number of amides is 1. The van der Waals surface area contributed by atoms with E-state index in [2.05, 4.69) is 15.2 Å². The zero-order chi connectivity index (χ0) is 14.5. The second-order valence-corrected chi connectivity index (χ2v) is 5.71. The van der Waals surface area contributed by atoms with Crippen molar-refractivity contribution in [2.24, 2.45) is 5.73 Å². The van der Waals surface area contributed by atoms with Crippen LogP contribution in [0.25, 0.3) is 0 Å². The molecule has 1 amide bonds. The highest BCUT2D eigenvalue weighted by molar-refractivity contribution is 8.00. The van der Waals surface area contributed by atoms with Crippen LogP contribution < -0.4 is 10.5 Å². The van der Waals surface area contributed by atoms with Gasteiger partial charge in [0.1, 0.15) is 12.4 Å². The SMILES string of the molecule is C[C@H](Sc1n[nH]c(COc2ccc(Cl)cc2)n1)C(N)=O. The van der Waals surface area contributed by atoms with Gasteiger partial charge in [-0.25, -0.2) is 4.98 Å². The smallest absolute Gasteiger partial charge is 0.230 e. The summed E-state index contributed by atoms with van der Waals surface area (Å²) in [5.41, 5.74) is 5.18. The number of halogens is 1. The number of nitrogens with zero attached hydrogens (tertiary/aromatic N) is 2. The van der Waals surface area contributed by atoms with Gasteiger partial charge in [0, 0.05) is 5.02 Å². The Kier molecular flexibility index (Phi) is 4.86. The average Bonchev–Trinajstić information content (AvgIpc) is 2.85. The van der Waals surface area contributed by atoms with Gasteiger partial charge < -0.3 is 10.5 Å². The van der Waals surface area contributed by atoms with E-state index in [-0.39, 0.29) is 11.9 Å². The molecule has 0 fully saturated rings. The largest absolute Gasteiger partial charge is 0.486 e. The highest BCUT2D eigenvalue weighted by Gasteiger charge is 2.14. The van der Waals surface area contributed by atoms with Crippen molar-refractivity contribution in [1.82, 2.24) is 15.2 Å². The molecule has 8 heteroatoms. The predicted octanol–water partition coefficient (Wildman–Crippen LogP) is 2.00. The maximum atomic E-state index is 10.9. The molecule has 2 rings (SSSR count). The van der Waals surface area contributed by atoms with Crippen LogP contribution in [0, 0.1) is 0 Å². The number of thioether (sulfide) groups is 1. The van der Waals surface area contributed by atoms with Gasteiger partial charge in [0.15, 0.2) is 5.82 Å². The van der Waals surface area contributed by atoms with Gasteiger partial charge >= 0.3 is 0 Å². The van der Waals surface area contributed by atoms with Crippen molar-refractivity contribution < 1.29 is 9.53 Å². The molecule has 0 saturated heterocycles. The Hall–Kier alpha value is -1.73. The van der Waals surface area contributed by atoms with Crippen molar-refractivity contribution in [3.63, 3.8) is 0 Å². The number of hydrogen-bond donors (Lipinski definition) is 2. The second kappa shape index (κ2) is 6.62. The molecule has 6 nitrogen and oxygen atoms in total. The van der Waals surface area contributed by atoms with Crippen molar-refractivity contribution in [2.75, 3.05) is 0 Å². The van der Waals surface area contributed by atoms with E-state index < -0.39 is 5.91 Å². The first-order valence-electron chi connectivity index (χ1n) is 5.80. The molecule has 0 saturated carbocycles. The third-order valence-corrected chi connectivity index (χ3v) is 3.61. The van der Waals surface area contributed by atoms with Gasteiger partial charge in [0.25, 0.3) is 0 Å².